The molecule has 4 heteroatoms. The summed E-state index contributed by atoms with van der Waals surface area (Å²) >= 11 is 6.25. The van der Waals surface area contributed by atoms with Crippen LogP contribution in [0.5, 0.6) is 0 Å². The van der Waals surface area contributed by atoms with Gasteiger partial charge >= 0.3 is 0 Å². The van der Waals surface area contributed by atoms with E-state index in [2.05, 4.69) is 24.4 Å². The molecule has 3 heterocycles. The summed E-state index contributed by atoms with van der Waals surface area (Å²) in [5.74, 6) is 0. The Hall–Kier alpha value is -1.42. The molecular weight excluding hydrogens is 308 g/mol. The van der Waals surface area contributed by atoms with Crippen LogP contribution < -0.4 is 5.32 Å². The average molecular weight is 329 g/mol. The molecule has 4 rings (SSSR count). The number of nitrogens with one attached hydrogen (secondary N) is 1. The number of hydrogen-bond acceptors (Lipinski definition) is 3. The van der Waals surface area contributed by atoms with Gasteiger partial charge in [-0.2, -0.15) is 0 Å². The molecule has 1 aliphatic carbocycles. The van der Waals surface area contributed by atoms with E-state index in [9.17, 15) is 0 Å². The van der Waals surface area contributed by atoms with Gasteiger partial charge in [0.1, 0.15) is 0 Å². The van der Waals surface area contributed by atoms with E-state index >= 15 is 0 Å². The van der Waals surface area contributed by atoms with Gasteiger partial charge in [-0.25, -0.2) is 0 Å². The van der Waals surface area contributed by atoms with Gasteiger partial charge in [0, 0.05) is 22.2 Å². The van der Waals surface area contributed by atoms with Crippen LogP contribution in [-0.2, 0) is 11.3 Å². The van der Waals surface area contributed by atoms with Crippen LogP contribution >= 0.6 is 11.6 Å². The first-order chi connectivity index (χ1) is 11.2. The number of halogens is 1. The normalized spacial score (nSPS) is 30.3. The summed E-state index contributed by atoms with van der Waals surface area (Å²) in [6.45, 7) is 4.89. The van der Waals surface area contributed by atoms with Gasteiger partial charge in [-0.05, 0) is 56.6 Å². The second-order valence-corrected chi connectivity index (χ2v) is 7.08. The molecule has 1 N–H and O–H groups in total. The summed E-state index contributed by atoms with van der Waals surface area (Å²) in [6, 6.07) is 4.11. The lowest BCUT2D eigenvalue weighted by molar-refractivity contribution is 0.0328. The fourth-order valence-corrected chi connectivity index (χ4v) is 4.09. The zero-order valence-electron chi connectivity index (χ0n) is 13.3. The van der Waals surface area contributed by atoms with Crippen LogP contribution in [0.3, 0.4) is 0 Å². The molecule has 2 aliphatic heterocycles. The van der Waals surface area contributed by atoms with Gasteiger partial charge in [0.05, 0.1) is 18.4 Å². The van der Waals surface area contributed by atoms with Crippen molar-refractivity contribution < 1.29 is 4.74 Å². The largest absolute Gasteiger partial charge is 0.368 e. The van der Waals surface area contributed by atoms with Crippen molar-refractivity contribution in [3.63, 3.8) is 0 Å². The Morgan fingerprint density at radius 1 is 1.35 bits per heavy atom. The van der Waals surface area contributed by atoms with Crippen molar-refractivity contribution >= 4 is 17.2 Å². The lowest BCUT2D eigenvalue weighted by Crippen LogP contribution is -2.35. The predicted molar refractivity (Wildman–Crippen MR) is 93.0 cm³/mol. The molecular formula is C19H21ClN2O. The Morgan fingerprint density at radius 3 is 3.00 bits per heavy atom. The van der Waals surface area contributed by atoms with Crippen molar-refractivity contribution in [2.75, 3.05) is 13.1 Å². The quantitative estimate of drug-likeness (QED) is 0.786. The lowest BCUT2D eigenvalue weighted by atomic mass is 9.70. The van der Waals surface area contributed by atoms with Gasteiger partial charge in [0.15, 0.2) is 0 Å². The number of hydrogen-bond donors (Lipinski definition) is 1. The van der Waals surface area contributed by atoms with E-state index in [0.29, 0.717) is 6.61 Å². The monoisotopic (exact) mass is 328 g/mol. The lowest BCUT2D eigenvalue weighted by Gasteiger charge is -2.38. The Morgan fingerprint density at radius 2 is 2.17 bits per heavy atom. The Labute approximate surface area is 142 Å². The number of allylic oxidation sites excluding steroid dienone is 2. The molecule has 2 atom stereocenters. The minimum absolute atomic E-state index is 0.0495. The molecule has 1 saturated heterocycles. The second kappa shape index (κ2) is 5.90. The minimum Gasteiger partial charge on any atom is -0.368 e. The molecule has 23 heavy (non-hydrogen) atoms. The van der Waals surface area contributed by atoms with Crippen LogP contribution in [0.1, 0.15) is 31.0 Å². The van der Waals surface area contributed by atoms with Gasteiger partial charge in [0.2, 0.25) is 0 Å². The number of aromatic nitrogens is 1. The molecule has 1 aromatic rings. The molecule has 0 spiro atoms. The van der Waals surface area contributed by atoms with Crippen molar-refractivity contribution in [2.24, 2.45) is 5.41 Å². The first-order valence-electron chi connectivity index (χ1n) is 8.24. The maximum atomic E-state index is 6.25. The highest BCUT2D eigenvalue weighted by Gasteiger charge is 2.42. The average Bonchev–Trinajstić information content (AvgIpc) is 2.70. The summed E-state index contributed by atoms with van der Waals surface area (Å²) in [5.41, 5.74) is 4.89. The van der Waals surface area contributed by atoms with Gasteiger partial charge in [0.25, 0.3) is 0 Å². The molecule has 2 unspecified atom stereocenters. The highest BCUT2D eigenvalue weighted by molar-refractivity contribution is 6.31. The van der Waals surface area contributed by atoms with Crippen LogP contribution in [0.15, 0.2) is 47.2 Å². The SMILES string of the molecule is CC12C=CC(Cl)=CC1OCc1cccnc1C2=C1CCNCC1. The third-order valence-electron chi connectivity index (χ3n) is 5.14. The van der Waals surface area contributed by atoms with Gasteiger partial charge in [-0.3, -0.25) is 4.98 Å². The van der Waals surface area contributed by atoms with E-state index in [1.165, 1.54) is 16.7 Å². The maximum absolute atomic E-state index is 6.25. The van der Waals surface area contributed by atoms with Crippen LogP contribution in [0.4, 0.5) is 0 Å². The number of pyridine rings is 1. The smallest absolute Gasteiger partial charge is 0.0907 e. The summed E-state index contributed by atoms with van der Waals surface area (Å²) < 4.78 is 6.23. The zero-order valence-corrected chi connectivity index (χ0v) is 14.1. The number of piperidine rings is 1. The van der Waals surface area contributed by atoms with E-state index in [-0.39, 0.29) is 11.5 Å². The van der Waals surface area contributed by atoms with E-state index < -0.39 is 0 Å². The van der Waals surface area contributed by atoms with Crippen LogP contribution in [0.25, 0.3) is 5.57 Å². The third-order valence-corrected chi connectivity index (χ3v) is 5.39. The van der Waals surface area contributed by atoms with E-state index in [0.717, 1.165) is 36.7 Å². The highest BCUT2D eigenvalue weighted by atomic mass is 35.5. The molecule has 0 aromatic carbocycles. The molecule has 1 fully saturated rings. The van der Waals surface area contributed by atoms with Crippen molar-refractivity contribution in [3.05, 3.63) is 58.4 Å². The fourth-order valence-electron chi connectivity index (χ4n) is 3.91. The Balaban J connectivity index is 1.94. The predicted octanol–water partition coefficient (Wildman–Crippen LogP) is 3.82. The first-order valence-corrected chi connectivity index (χ1v) is 8.62. The van der Waals surface area contributed by atoms with Gasteiger partial charge < -0.3 is 10.1 Å². The zero-order chi connectivity index (χ0) is 15.9. The molecule has 3 nitrogen and oxygen atoms in total. The molecule has 3 aliphatic rings. The van der Waals surface area contributed by atoms with Crippen LogP contribution in [0, 0.1) is 5.41 Å². The fraction of sp³-hybridized carbons (Fsp3) is 0.421. The molecule has 0 amide bonds. The minimum atomic E-state index is -0.218. The van der Waals surface area contributed by atoms with Crippen molar-refractivity contribution in [1.82, 2.24) is 10.3 Å². The van der Waals surface area contributed by atoms with Gasteiger partial charge in [-0.15, -0.1) is 0 Å². The number of nitrogens with zero attached hydrogens (tertiary/aromatic N) is 1. The summed E-state index contributed by atoms with van der Waals surface area (Å²) in [6.07, 6.45) is 10.2. The van der Waals surface area contributed by atoms with Crippen molar-refractivity contribution in [3.8, 4) is 0 Å². The Bertz CT molecular complexity index is 714. The number of fused-ring (bicyclic) bond motifs is 2. The molecule has 0 radical (unpaired) electrons. The van der Waals surface area contributed by atoms with Gasteiger partial charge in [-0.1, -0.05) is 29.3 Å². The second-order valence-electron chi connectivity index (χ2n) is 6.64. The summed E-state index contributed by atoms with van der Waals surface area (Å²) in [4.78, 5) is 4.75. The molecule has 120 valence electrons. The van der Waals surface area contributed by atoms with E-state index in [1.807, 2.05) is 24.4 Å². The summed E-state index contributed by atoms with van der Waals surface area (Å²) in [5, 5.41) is 4.20. The van der Waals surface area contributed by atoms with Crippen molar-refractivity contribution in [2.45, 2.75) is 32.5 Å². The van der Waals surface area contributed by atoms with Crippen LogP contribution in [-0.4, -0.2) is 24.2 Å². The molecule has 0 saturated carbocycles. The molecule has 1 aromatic heterocycles. The summed E-state index contributed by atoms with van der Waals surface area (Å²) in [7, 11) is 0. The topological polar surface area (TPSA) is 34.1 Å². The van der Waals surface area contributed by atoms with E-state index in [1.54, 1.807) is 0 Å². The number of ether oxygens (including phenoxy) is 1. The number of rotatable bonds is 0. The van der Waals surface area contributed by atoms with Crippen molar-refractivity contribution in [1.29, 1.82) is 0 Å². The van der Waals surface area contributed by atoms with E-state index in [4.69, 9.17) is 21.3 Å². The third kappa shape index (κ3) is 2.57. The molecule has 0 bridgehead atoms. The first kappa shape index (κ1) is 15.1. The standard InChI is InChI=1S/C19H21ClN2O/c1-19-7-4-15(20)11-16(19)23-12-14-3-2-8-22-18(14)17(19)13-5-9-21-10-6-13/h2-4,7-8,11,16,21H,5-6,9-10,12H2,1H3. The van der Waals surface area contributed by atoms with Crippen LogP contribution in [0.2, 0.25) is 0 Å². The Kier molecular flexibility index (Phi) is 3.88. The highest BCUT2D eigenvalue weighted by Crippen LogP contribution is 2.49. The maximum Gasteiger partial charge on any atom is 0.0907 e.